The highest BCUT2D eigenvalue weighted by atomic mass is 32.2. The molecule has 1 N–H and O–H groups in total. The van der Waals surface area contributed by atoms with E-state index in [4.69, 9.17) is 4.74 Å². The summed E-state index contributed by atoms with van der Waals surface area (Å²) in [6.07, 6.45) is 3.84. The van der Waals surface area contributed by atoms with Crippen LogP contribution in [0.1, 0.15) is 40.0 Å². The molecule has 1 heterocycles. The molecule has 0 saturated carbocycles. The van der Waals surface area contributed by atoms with Gasteiger partial charge in [-0.15, -0.1) is 0 Å². The van der Waals surface area contributed by atoms with Gasteiger partial charge in [-0.25, -0.2) is 0 Å². The summed E-state index contributed by atoms with van der Waals surface area (Å²) < 4.78 is 5.16. The van der Waals surface area contributed by atoms with Crippen LogP contribution >= 0.6 is 11.8 Å². The maximum absolute atomic E-state index is 5.16. The fraction of sp³-hybridized carbons (Fsp3) is 1.00. The van der Waals surface area contributed by atoms with Crippen molar-refractivity contribution >= 4 is 11.8 Å². The van der Waals surface area contributed by atoms with E-state index in [9.17, 15) is 0 Å². The lowest BCUT2D eigenvalue weighted by molar-refractivity contribution is 0.148. The van der Waals surface area contributed by atoms with Gasteiger partial charge in [0.1, 0.15) is 0 Å². The van der Waals surface area contributed by atoms with Crippen molar-refractivity contribution in [1.29, 1.82) is 0 Å². The van der Waals surface area contributed by atoms with Gasteiger partial charge in [-0.2, -0.15) is 11.8 Å². The molecule has 2 atom stereocenters. The predicted molar refractivity (Wildman–Crippen MR) is 73.2 cm³/mol. The second-order valence-electron chi connectivity index (χ2n) is 5.61. The molecule has 0 aromatic carbocycles. The molecular formula is C13H27NOS. The first-order valence-electron chi connectivity index (χ1n) is 6.39. The van der Waals surface area contributed by atoms with Crippen LogP contribution in [0.15, 0.2) is 0 Å². The Bertz CT molecular complexity index is 196. The molecule has 1 rings (SSSR count). The van der Waals surface area contributed by atoms with Crippen LogP contribution in [0.3, 0.4) is 0 Å². The van der Waals surface area contributed by atoms with Gasteiger partial charge in [-0.05, 0) is 30.4 Å². The number of rotatable bonds is 6. The van der Waals surface area contributed by atoms with Crippen molar-refractivity contribution in [2.75, 3.05) is 26.0 Å². The Kier molecular flexibility index (Phi) is 6.16. The number of methoxy groups -OCH3 is 1. The van der Waals surface area contributed by atoms with Crippen molar-refractivity contribution in [2.45, 2.75) is 51.3 Å². The van der Waals surface area contributed by atoms with Crippen LogP contribution in [0.2, 0.25) is 0 Å². The first kappa shape index (κ1) is 14.3. The van der Waals surface area contributed by atoms with Crippen LogP contribution in [0.25, 0.3) is 0 Å². The number of hydrogen-bond donors (Lipinski definition) is 1. The maximum atomic E-state index is 5.16. The Labute approximate surface area is 105 Å². The van der Waals surface area contributed by atoms with E-state index in [0.29, 0.717) is 11.5 Å². The van der Waals surface area contributed by atoms with Crippen molar-refractivity contribution in [2.24, 2.45) is 5.41 Å². The van der Waals surface area contributed by atoms with Gasteiger partial charge >= 0.3 is 0 Å². The Morgan fingerprint density at radius 1 is 1.44 bits per heavy atom. The highest BCUT2D eigenvalue weighted by Gasteiger charge is 2.24. The molecule has 0 amide bonds. The van der Waals surface area contributed by atoms with E-state index in [2.05, 4.69) is 37.8 Å². The molecule has 0 aliphatic carbocycles. The molecule has 1 aliphatic rings. The Morgan fingerprint density at radius 2 is 2.19 bits per heavy atom. The van der Waals surface area contributed by atoms with E-state index in [1.165, 1.54) is 18.6 Å². The summed E-state index contributed by atoms with van der Waals surface area (Å²) >= 11 is 2.11. The first-order chi connectivity index (χ1) is 7.55. The van der Waals surface area contributed by atoms with E-state index in [0.717, 1.165) is 24.8 Å². The molecule has 1 fully saturated rings. The van der Waals surface area contributed by atoms with Crippen LogP contribution in [-0.4, -0.2) is 37.3 Å². The Balaban J connectivity index is 2.26. The van der Waals surface area contributed by atoms with Gasteiger partial charge in [0, 0.05) is 31.6 Å². The molecule has 0 spiro atoms. The Hall–Kier alpha value is 0.270. The molecule has 0 aromatic heterocycles. The zero-order valence-electron chi connectivity index (χ0n) is 11.2. The summed E-state index contributed by atoms with van der Waals surface area (Å²) in [5.74, 6) is 1.34. The monoisotopic (exact) mass is 245 g/mol. The quantitative estimate of drug-likeness (QED) is 0.777. The molecule has 16 heavy (non-hydrogen) atoms. The summed E-state index contributed by atoms with van der Waals surface area (Å²) in [6.45, 7) is 8.96. The minimum Gasteiger partial charge on any atom is -0.385 e. The van der Waals surface area contributed by atoms with Gasteiger partial charge in [0.05, 0.1) is 0 Å². The van der Waals surface area contributed by atoms with Gasteiger partial charge < -0.3 is 10.1 Å². The average Bonchev–Trinajstić information content (AvgIpc) is 2.26. The Morgan fingerprint density at radius 3 is 2.81 bits per heavy atom. The fourth-order valence-electron chi connectivity index (χ4n) is 2.07. The highest BCUT2D eigenvalue weighted by Crippen LogP contribution is 2.26. The molecule has 0 radical (unpaired) electrons. The molecule has 2 unspecified atom stereocenters. The first-order valence-corrected chi connectivity index (χ1v) is 7.44. The normalized spacial score (nSPS) is 27.0. The molecule has 1 saturated heterocycles. The SMILES string of the molecule is COCCC(C)(C)CNC1CCCSC1C. The van der Waals surface area contributed by atoms with Crippen molar-refractivity contribution in [3.05, 3.63) is 0 Å². The molecule has 96 valence electrons. The van der Waals surface area contributed by atoms with E-state index in [1.807, 2.05) is 0 Å². The van der Waals surface area contributed by atoms with Gasteiger partial charge in [-0.1, -0.05) is 20.8 Å². The topological polar surface area (TPSA) is 21.3 Å². The van der Waals surface area contributed by atoms with Crippen molar-refractivity contribution < 1.29 is 4.74 Å². The minimum atomic E-state index is 0.345. The molecule has 1 aliphatic heterocycles. The van der Waals surface area contributed by atoms with Crippen molar-refractivity contribution in [1.82, 2.24) is 5.32 Å². The number of hydrogen-bond acceptors (Lipinski definition) is 3. The second-order valence-corrected chi connectivity index (χ2v) is 7.10. The van der Waals surface area contributed by atoms with Crippen LogP contribution in [0, 0.1) is 5.41 Å². The summed E-state index contributed by atoms with van der Waals surface area (Å²) in [4.78, 5) is 0. The predicted octanol–water partition coefficient (Wildman–Crippen LogP) is 2.92. The highest BCUT2D eigenvalue weighted by molar-refractivity contribution is 7.99. The third-order valence-electron chi connectivity index (χ3n) is 3.43. The van der Waals surface area contributed by atoms with E-state index in [-0.39, 0.29) is 0 Å². The summed E-state index contributed by atoms with van der Waals surface area (Å²) in [5, 5.41) is 4.51. The molecule has 3 heteroatoms. The van der Waals surface area contributed by atoms with Crippen LogP contribution < -0.4 is 5.32 Å². The second kappa shape index (κ2) is 6.87. The van der Waals surface area contributed by atoms with Crippen LogP contribution in [0.5, 0.6) is 0 Å². The molecule has 2 nitrogen and oxygen atoms in total. The third kappa shape index (κ3) is 5.07. The molecule has 0 aromatic rings. The van der Waals surface area contributed by atoms with Gasteiger partial charge in [0.15, 0.2) is 0 Å². The third-order valence-corrected chi connectivity index (χ3v) is 4.81. The smallest absolute Gasteiger partial charge is 0.0467 e. The lowest BCUT2D eigenvalue weighted by atomic mass is 9.89. The lowest BCUT2D eigenvalue weighted by Crippen LogP contribution is -2.43. The number of nitrogens with one attached hydrogen (secondary N) is 1. The van der Waals surface area contributed by atoms with E-state index in [1.54, 1.807) is 7.11 Å². The zero-order chi connectivity index (χ0) is 12.0. The van der Waals surface area contributed by atoms with Gasteiger partial charge in [0.25, 0.3) is 0 Å². The standard InChI is InChI=1S/C13H27NOS/c1-11-12(6-5-9-16-11)14-10-13(2,3)7-8-15-4/h11-12,14H,5-10H2,1-4H3. The fourth-order valence-corrected chi connectivity index (χ4v) is 3.24. The van der Waals surface area contributed by atoms with Gasteiger partial charge in [-0.3, -0.25) is 0 Å². The summed E-state index contributed by atoms with van der Waals surface area (Å²) in [5.41, 5.74) is 0.345. The number of ether oxygens (including phenoxy) is 1. The van der Waals surface area contributed by atoms with E-state index >= 15 is 0 Å². The van der Waals surface area contributed by atoms with Crippen LogP contribution in [0.4, 0.5) is 0 Å². The van der Waals surface area contributed by atoms with Crippen molar-refractivity contribution in [3.8, 4) is 0 Å². The van der Waals surface area contributed by atoms with Crippen LogP contribution in [-0.2, 0) is 4.74 Å². The minimum absolute atomic E-state index is 0.345. The largest absolute Gasteiger partial charge is 0.385 e. The zero-order valence-corrected chi connectivity index (χ0v) is 12.0. The van der Waals surface area contributed by atoms with E-state index < -0.39 is 0 Å². The molecular weight excluding hydrogens is 218 g/mol. The lowest BCUT2D eigenvalue weighted by Gasteiger charge is -2.33. The summed E-state index contributed by atoms with van der Waals surface area (Å²) in [7, 11) is 1.78. The molecule has 0 bridgehead atoms. The van der Waals surface area contributed by atoms with Crippen molar-refractivity contribution in [3.63, 3.8) is 0 Å². The number of thioether (sulfide) groups is 1. The van der Waals surface area contributed by atoms with Gasteiger partial charge in [0.2, 0.25) is 0 Å². The maximum Gasteiger partial charge on any atom is 0.0467 e. The summed E-state index contributed by atoms with van der Waals surface area (Å²) in [6, 6.07) is 0.709. The average molecular weight is 245 g/mol.